The van der Waals surface area contributed by atoms with Gasteiger partial charge in [-0.1, -0.05) is 29.8 Å². The van der Waals surface area contributed by atoms with Crippen LogP contribution < -0.4 is 15.5 Å². The van der Waals surface area contributed by atoms with Crippen LogP contribution >= 0.6 is 11.6 Å². The maximum absolute atomic E-state index is 12.5. The van der Waals surface area contributed by atoms with Crippen molar-refractivity contribution in [2.45, 2.75) is 13.5 Å². The molecule has 0 saturated heterocycles. The second-order valence-electron chi connectivity index (χ2n) is 6.56. The maximum Gasteiger partial charge on any atom is 0.270 e. The highest BCUT2D eigenvalue weighted by atomic mass is 35.5. The van der Waals surface area contributed by atoms with Gasteiger partial charge in [0.25, 0.3) is 5.91 Å². The van der Waals surface area contributed by atoms with Crippen molar-refractivity contribution in [2.24, 2.45) is 0 Å². The van der Waals surface area contributed by atoms with Crippen molar-refractivity contribution >= 4 is 34.8 Å². The number of hydrogen-bond acceptors (Lipinski definition) is 5. The van der Waals surface area contributed by atoms with E-state index in [1.165, 1.54) is 0 Å². The predicted octanol–water partition coefficient (Wildman–Crippen LogP) is 4.18. The van der Waals surface area contributed by atoms with Gasteiger partial charge in [-0.15, -0.1) is 0 Å². The molecule has 0 fully saturated rings. The molecule has 3 rings (SSSR count). The minimum atomic E-state index is -0.281. The molecule has 1 aromatic heterocycles. The van der Waals surface area contributed by atoms with Gasteiger partial charge in [-0.25, -0.2) is 9.97 Å². The van der Waals surface area contributed by atoms with E-state index in [1.54, 1.807) is 12.1 Å². The van der Waals surface area contributed by atoms with Gasteiger partial charge in [-0.05, 0) is 48.9 Å². The number of halogens is 1. The van der Waals surface area contributed by atoms with E-state index in [0.717, 1.165) is 16.9 Å². The van der Waals surface area contributed by atoms with Crippen molar-refractivity contribution in [3.8, 4) is 0 Å². The molecule has 0 spiro atoms. The molecule has 6 nitrogen and oxygen atoms in total. The molecule has 0 aliphatic carbocycles. The van der Waals surface area contributed by atoms with Crippen LogP contribution in [0.3, 0.4) is 0 Å². The van der Waals surface area contributed by atoms with Crippen LogP contribution in [0.1, 0.15) is 21.7 Å². The lowest BCUT2D eigenvalue weighted by Gasteiger charge is -2.13. The van der Waals surface area contributed by atoms with Crippen LogP contribution in [0.4, 0.5) is 17.3 Å². The Morgan fingerprint density at radius 3 is 2.46 bits per heavy atom. The minimum Gasteiger partial charge on any atom is -0.378 e. The number of aryl methyl sites for hydroxylation is 1. The number of rotatable bonds is 6. The monoisotopic (exact) mass is 395 g/mol. The minimum absolute atomic E-state index is 0.281. The molecule has 2 aromatic carbocycles. The van der Waals surface area contributed by atoms with Gasteiger partial charge in [0.2, 0.25) is 5.95 Å². The molecule has 0 radical (unpaired) electrons. The van der Waals surface area contributed by atoms with E-state index < -0.39 is 0 Å². The van der Waals surface area contributed by atoms with E-state index in [2.05, 4.69) is 20.6 Å². The second-order valence-corrected chi connectivity index (χ2v) is 6.97. The molecule has 0 aliphatic rings. The topological polar surface area (TPSA) is 70.2 Å². The Morgan fingerprint density at radius 1 is 1.07 bits per heavy atom. The molecule has 0 aliphatic heterocycles. The summed E-state index contributed by atoms with van der Waals surface area (Å²) >= 11 is 6.14. The highest BCUT2D eigenvalue weighted by molar-refractivity contribution is 6.31. The molecule has 1 heterocycles. The quantitative estimate of drug-likeness (QED) is 0.655. The number of anilines is 3. The van der Waals surface area contributed by atoms with Gasteiger partial charge in [-0.3, -0.25) is 4.79 Å². The highest BCUT2D eigenvalue weighted by Gasteiger charge is 2.11. The lowest BCUT2D eigenvalue weighted by Crippen LogP contribution is -2.24. The summed E-state index contributed by atoms with van der Waals surface area (Å²) in [6.07, 6.45) is 0. The first-order valence-corrected chi connectivity index (χ1v) is 9.22. The molecule has 28 heavy (non-hydrogen) atoms. The fourth-order valence-corrected chi connectivity index (χ4v) is 2.82. The SMILES string of the molecule is Cc1cc(C(=O)NCc2ccccc2Cl)nc(Nc2ccc(N(C)C)cc2)n1. The van der Waals surface area contributed by atoms with Gasteiger partial charge in [0, 0.05) is 42.7 Å². The van der Waals surface area contributed by atoms with Gasteiger partial charge in [0.1, 0.15) is 5.69 Å². The van der Waals surface area contributed by atoms with E-state index in [1.807, 2.05) is 68.4 Å². The highest BCUT2D eigenvalue weighted by Crippen LogP contribution is 2.19. The largest absolute Gasteiger partial charge is 0.378 e. The summed E-state index contributed by atoms with van der Waals surface area (Å²) in [6, 6.07) is 16.9. The number of benzene rings is 2. The predicted molar refractivity (Wildman–Crippen MR) is 113 cm³/mol. The fourth-order valence-electron chi connectivity index (χ4n) is 2.62. The number of nitrogens with zero attached hydrogens (tertiary/aromatic N) is 3. The summed E-state index contributed by atoms with van der Waals surface area (Å²) < 4.78 is 0. The molecule has 144 valence electrons. The maximum atomic E-state index is 12.5. The summed E-state index contributed by atoms with van der Waals surface area (Å²) in [6.45, 7) is 2.16. The van der Waals surface area contributed by atoms with Gasteiger partial charge in [0.15, 0.2) is 0 Å². The molecular weight excluding hydrogens is 374 g/mol. The molecule has 0 atom stereocenters. The standard InChI is InChI=1S/C21H22ClN5O/c1-14-12-19(20(28)23-13-15-6-4-5-7-18(15)22)26-21(24-14)25-16-8-10-17(11-9-16)27(2)3/h4-12H,13H2,1-3H3,(H,23,28)(H,24,25,26). The fraction of sp³-hybridized carbons (Fsp3) is 0.190. The zero-order valence-electron chi connectivity index (χ0n) is 16.0. The number of aromatic nitrogens is 2. The van der Waals surface area contributed by atoms with Crippen molar-refractivity contribution in [3.05, 3.63) is 76.6 Å². The average Bonchev–Trinajstić information content (AvgIpc) is 2.67. The normalized spacial score (nSPS) is 10.4. The molecule has 0 saturated carbocycles. The van der Waals surface area contributed by atoms with E-state index in [9.17, 15) is 4.79 Å². The van der Waals surface area contributed by atoms with Crippen LogP contribution in [-0.4, -0.2) is 30.0 Å². The number of carbonyl (C=O) groups excluding carboxylic acids is 1. The Bertz CT molecular complexity index is 973. The number of nitrogens with one attached hydrogen (secondary N) is 2. The first-order valence-electron chi connectivity index (χ1n) is 8.84. The Hall–Kier alpha value is -3.12. The van der Waals surface area contributed by atoms with Gasteiger partial charge < -0.3 is 15.5 Å². The van der Waals surface area contributed by atoms with Crippen LogP contribution in [0.5, 0.6) is 0 Å². The lowest BCUT2D eigenvalue weighted by atomic mass is 10.2. The van der Waals surface area contributed by atoms with Crippen molar-refractivity contribution in [1.29, 1.82) is 0 Å². The van der Waals surface area contributed by atoms with Crippen LogP contribution in [-0.2, 0) is 6.54 Å². The Kier molecular flexibility index (Phi) is 6.11. The third-order valence-electron chi connectivity index (χ3n) is 4.12. The van der Waals surface area contributed by atoms with Gasteiger partial charge in [-0.2, -0.15) is 0 Å². The Balaban J connectivity index is 1.71. The third-order valence-corrected chi connectivity index (χ3v) is 4.49. The average molecular weight is 396 g/mol. The Morgan fingerprint density at radius 2 is 1.79 bits per heavy atom. The van der Waals surface area contributed by atoms with E-state index in [4.69, 9.17) is 11.6 Å². The van der Waals surface area contributed by atoms with Crippen molar-refractivity contribution < 1.29 is 4.79 Å². The lowest BCUT2D eigenvalue weighted by molar-refractivity contribution is 0.0946. The zero-order valence-corrected chi connectivity index (χ0v) is 16.8. The molecular formula is C21H22ClN5O. The summed E-state index contributed by atoms with van der Waals surface area (Å²) in [5, 5.41) is 6.61. The number of amides is 1. The first-order chi connectivity index (χ1) is 13.4. The van der Waals surface area contributed by atoms with Crippen LogP contribution in [0, 0.1) is 6.92 Å². The summed E-state index contributed by atoms with van der Waals surface area (Å²) in [5.41, 5.74) is 3.79. The summed E-state index contributed by atoms with van der Waals surface area (Å²) in [7, 11) is 3.97. The van der Waals surface area contributed by atoms with Crippen molar-refractivity contribution in [2.75, 3.05) is 24.3 Å². The van der Waals surface area contributed by atoms with Crippen LogP contribution in [0.25, 0.3) is 0 Å². The second kappa shape index (κ2) is 8.71. The number of hydrogen-bond donors (Lipinski definition) is 2. The molecule has 0 unspecified atom stereocenters. The molecule has 3 aromatic rings. The van der Waals surface area contributed by atoms with Crippen LogP contribution in [0.2, 0.25) is 5.02 Å². The summed E-state index contributed by atoms with van der Waals surface area (Å²) in [4.78, 5) is 23.3. The van der Waals surface area contributed by atoms with E-state index in [0.29, 0.717) is 28.9 Å². The molecule has 1 amide bonds. The third kappa shape index (κ3) is 4.98. The van der Waals surface area contributed by atoms with Crippen LogP contribution in [0.15, 0.2) is 54.6 Å². The van der Waals surface area contributed by atoms with Crippen molar-refractivity contribution in [1.82, 2.24) is 15.3 Å². The zero-order chi connectivity index (χ0) is 20.1. The van der Waals surface area contributed by atoms with Gasteiger partial charge >= 0.3 is 0 Å². The van der Waals surface area contributed by atoms with E-state index >= 15 is 0 Å². The van der Waals surface area contributed by atoms with Crippen molar-refractivity contribution in [3.63, 3.8) is 0 Å². The Labute approximate surface area is 169 Å². The molecule has 2 N–H and O–H groups in total. The first kappa shape index (κ1) is 19.6. The smallest absolute Gasteiger partial charge is 0.270 e. The van der Waals surface area contributed by atoms with Gasteiger partial charge in [0.05, 0.1) is 0 Å². The summed E-state index contributed by atoms with van der Waals surface area (Å²) in [5.74, 6) is 0.0944. The molecule has 7 heteroatoms. The van der Waals surface area contributed by atoms with E-state index in [-0.39, 0.29) is 5.91 Å². The molecule has 0 bridgehead atoms. The number of carbonyl (C=O) groups is 1.